The van der Waals surface area contributed by atoms with Gasteiger partial charge in [0.2, 0.25) is 17.7 Å². The lowest BCUT2D eigenvalue weighted by Gasteiger charge is -2.24. The van der Waals surface area contributed by atoms with Gasteiger partial charge < -0.3 is 26.8 Å². The Balaban J connectivity index is 2.86. The second-order valence-electron chi connectivity index (χ2n) is 9.08. The number of hydrogen-bond donors (Lipinski definition) is 5. The normalized spacial score (nSPS) is 14.6. The van der Waals surface area contributed by atoms with Crippen molar-refractivity contribution in [3.05, 3.63) is 41.6 Å². The summed E-state index contributed by atoms with van der Waals surface area (Å²) in [5.41, 5.74) is 7.26. The van der Waals surface area contributed by atoms with Crippen molar-refractivity contribution in [3.8, 4) is 5.75 Å². The second-order valence-corrected chi connectivity index (χ2v) is 9.08. The highest BCUT2D eigenvalue weighted by Crippen LogP contribution is 2.12. The van der Waals surface area contributed by atoms with Gasteiger partial charge in [0, 0.05) is 12.1 Å². The highest BCUT2D eigenvalue weighted by Gasteiger charge is 2.28. The quantitative estimate of drug-likeness (QED) is 0.167. The van der Waals surface area contributed by atoms with Crippen molar-refractivity contribution in [1.82, 2.24) is 16.0 Å². The molecule has 0 aliphatic carbocycles. The van der Waals surface area contributed by atoms with Gasteiger partial charge in [-0.3, -0.25) is 24.2 Å². The van der Waals surface area contributed by atoms with Gasteiger partial charge in [0.1, 0.15) is 17.8 Å². The molecule has 1 rings (SSSR count). The summed E-state index contributed by atoms with van der Waals surface area (Å²) in [4.78, 5) is 54.4. The van der Waals surface area contributed by atoms with Crippen LogP contribution in [0.25, 0.3) is 0 Å². The number of aliphatic imine (C=N–C) groups is 1. The molecule has 0 heterocycles. The van der Waals surface area contributed by atoms with E-state index in [4.69, 9.17) is 5.73 Å². The Morgan fingerprint density at radius 1 is 1.03 bits per heavy atom. The van der Waals surface area contributed by atoms with E-state index in [1.54, 1.807) is 25.1 Å². The predicted octanol–water partition coefficient (Wildman–Crippen LogP) is 1.90. The lowest BCUT2D eigenvalue weighted by molar-refractivity contribution is -0.133. The monoisotopic (exact) mass is 515 g/mol. The summed E-state index contributed by atoms with van der Waals surface area (Å²) < 4.78 is 0. The van der Waals surface area contributed by atoms with Gasteiger partial charge in [-0.2, -0.15) is 0 Å². The van der Waals surface area contributed by atoms with E-state index in [1.807, 2.05) is 6.92 Å². The molecule has 1 aromatic carbocycles. The molecule has 4 atom stereocenters. The summed E-state index contributed by atoms with van der Waals surface area (Å²) in [6, 6.07) is 2.85. The first-order chi connectivity index (χ1) is 17.5. The van der Waals surface area contributed by atoms with Crippen LogP contribution in [-0.2, 0) is 25.6 Å². The van der Waals surface area contributed by atoms with Gasteiger partial charge in [0.25, 0.3) is 0 Å². The van der Waals surface area contributed by atoms with Crippen LogP contribution in [0.1, 0.15) is 65.4 Å². The first kappa shape index (κ1) is 31.5. The molecule has 0 spiro atoms. The number of unbranched alkanes of at least 4 members (excludes halogenated alkanes) is 2. The summed E-state index contributed by atoms with van der Waals surface area (Å²) in [6.07, 6.45) is 5.00. The molecule has 6 N–H and O–H groups in total. The molecule has 0 aromatic heterocycles. The van der Waals surface area contributed by atoms with E-state index in [2.05, 4.69) is 27.7 Å². The number of nitrogens with one attached hydrogen (secondary N) is 3. The van der Waals surface area contributed by atoms with E-state index in [0.29, 0.717) is 18.5 Å². The number of carbonyl (C=O) groups is 4. The topological polar surface area (TPSA) is 163 Å². The molecule has 0 aliphatic heterocycles. The van der Waals surface area contributed by atoms with E-state index >= 15 is 0 Å². The van der Waals surface area contributed by atoms with Crippen molar-refractivity contribution in [3.63, 3.8) is 0 Å². The molecule has 204 valence electrons. The predicted molar refractivity (Wildman–Crippen MR) is 144 cm³/mol. The fourth-order valence-corrected chi connectivity index (χ4v) is 3.58. The van der Waals surface area contributed by atoms with Crippen molar-refractivity contribution in [2.75, 3.05) is 0 Å². The summed E-state index contributed by atoms with van der Waals surface area (Å²) in [5, 5.41) is 17.5. The molecular weight excluding hydrogens is 474 g/mol. The summed E-state index contributed by atoms with van der Waals surface area (Å²) in [7, 11) is 0. The number of phenolic OH excluding ortho intramolecular Hbond substituents is 1. The minimum absolute atomic E-state index is 0.104. The van der Waals surface area contributed by atoms with Gasteiger partial charge in [0.15, 0.2) is 5.78 Å². The van der Waals surface area contributed by atoms with Gasteiger partial charge >= 0.3 is 0 Å². The lowest BCUT2D eigenvalue weighted by atomic mass is 10.0. The zero-order chi connectivity index (χ0) is 28.0. The van der Waals surface area contributed by atoms with E-state index in [-0.39, 0.29) is 24.4 Å². The number of allylic oxidation sites excluding steroid dienone is 1. The number of rotatable bonds is 16. The van der Waals surface area contributed by atoms with Crippen molar-refractivity contribution in [2.45, 2.75) is 90.4 Å². The molecule has 0 bridgehead atoms. The number of ketones is 1. The van der Waals surface area contributed by atoms with Crippen LogP contribution in [0.15, 0.2) is 41.0 Å². The van der Waals surface area contributed by atoms with Crippen LogP contribution in [0.2, 0.25) is 0 Å². The molecular formula is C27H41N5O5. The van der Waals surface area contributed by atoms with Gasteiger partial charge in [-0.1, -0.05) is 44.4 Å². The Bertz CT molecular complexity index is 960. The zero-order valence-electron chi connectivity index (χ0n) is 22.3. The van der Waals surface area contributed by atoms with Crippen molar-refractivity contribution in [2.24, 2.45) is 10.7 Å². The number of nitrogens with two attached hydrogens (primary N) is 1. The highest BCUT2D eigenvalue weighted by atomic mass is 16.3. The molecule has 3 amide bonds. The summed E-state index contributed by atoms with van der Waals surface area (Å²) in [5.74, 6) is -1.67. The summed E-state index contributed by atoms with van der Waals surface area (Å²) >= 11 is 0. The number of amides is 3. The Hall–Kier alpha value is -3.53. The number of aromatic hydroxyl groups is 1. The van der Waals surface area contributed by atoms with Gasteiger partial charge in [0.05, 0.1) is 12.1 Å². The standard InChI is InChI=1S/C27H41N5O5/c1-6-8-9-10-23(27(37)32-24(18(4)33)15-19-11-13-21(34)14-12-19)31-25(35)17(3)30-26(36)22(28)16-20(7-2)29-5/h7,11-14,17,22-24,34H,5-6,8-10,15-16,28H2,1-4H3,(H,30,36)(H,31,35)(H,32,37)/b20-7-/t17-,22-,23-,24-/m0/s1. The van der Waals surface area contributed by atoms with Crippen LogP contribution in [0.3, 0.4) is 0 Å². The molecule has 10 nitrogen and oxygen atoms in total. The number of phenols is 1. The fraction of sp³-hybridized carbons (Fsp3) is 0.519. The molecule has 0 radical (unpaired) electrons. The van der Waals surface area contributed by atoms with Crippen LogP contribution in [0.4, 0.5) is 0 Å². The smallest absolute Gasteiger partial charge is 0.243 e. The first-order valence-electron chi connectivity index (χ1n) is 12.6. The molecule has 10 heteroatoms. The minimum atomic E-state index is -0.939. The average Bonchev–Trinajstić information content (AvgIpc) is 2.86. The zero-order valence-corrected chi connectivity index (χ0v) is 22.3. The van der Waals surface area contributed by atoms with Crippen molar-refractivity contribution >= 4 is 30.2 Å². The third-order valence-corrected chi connectivity index (χ3v) is 5.97. The Morgan fingerprint density at radius 2 is 1.65 bits per heavy atom. The minimum Gasteiger partial charge on any atom is -0.508 e. The van der Waals surface area contributed by atoms with Crippen LogP contribution in [-0.4, -0.2) is 59.5 Å². The fourth-order valence-electron chi connectivity index (χ4n) is 3.58. The maximum atomic E-state index is 13.1. The SMILES string of the molecule is C=N/C(=C\C)C[C@H](N)C(=O)N[C@@H](C)C(=O)N[C@@H](CCCCC)C(=O)N[C@@H](Cc1ccc(O)cc1)C(C)=O. The molecule has 37 heavy (non-hydrogen) atoms. The third-order valence-electron chi connectivity index (χ3n) is 5.97. The molecule has 1 aromatic rings. The number of hydrogen-bond acceptors (Lipinski definition) is 7. The largest absolute Gasteiger partial charge is 0.508 e. The Labute approximate surface area is 219 Å². The maximum absolute atomic E-state index is 13.1. The van der Waals surface area contributed by atoms with Crippen molar-refractivity contribution in [1.29, 1.82) is 0 Å². The van der Waals surface area contributed by atoms with E-state index in [1.165, 1.54) is 26.0 Å². The Morgan fingerprint density at radius 3 is 2.19 bits per heavy atom. The summed E-state index contributed by atoms with van der Waals surface area (Å²) in [6.45, 7) is 10.1. The van der Waals surface area contributed by atoms with Gasteiger partial charge in [-0.25, -0.2) is 0 Å². The number of benzene rings is 1. The number of Topliss-reactive ketones (excluding diaryl/α,β-unsaturated/α-hetero) is 1. The molecule has 0 aliphatic rings. The molecule has 0 unspecified atom stereocenters. The number of nitrogens with zero attached hydrogens (tertiary/aromatic N) is 1. The first-order valence-corrected chi connectivity index (χ1v) is 12.6. The second kappa shape index (κ2) is 16.3. The van der Waals surface area contributed by atoms with Gasteiger partial charge in [-0.05, 0) is 58.0 Å². The average molecular weight is 516 g/mol. The van der Waals surface area contributed by atoms with Crippen molar-refractivity contribution < 1.29 is 24.3 Å². The molecule has 0 saturated heterocycles. The molecule has 0 saturated carbocycles. The Kier molecular flexibility index (Phi) is 13.8. The molecule has 0 fully saturated rings. The number of carbonyl (C=O) groups excluding carboxylic acids is 4. The highest BCUT2D eigenvalue weighted by molar-refractivity contribution is 5.94. The third kappa shape index (κ3) is 11.4. The van der Waals surface area contributed by atoms with Gasteiger partial charge in [-0.15, -0.1) is 0 Å². The van der Waals surface area contributed by atoms with Crippen LogP contribution >= 0.6 is 0 Å². The van der Waals surface area contributed by atoms with Crippen LogP contribution < -0.4 is 21.7 Å². The van der Waals surface area contributed by atoms with Crippen LogP contribution in [0.5, 0.6) is 5.75 Å². The van der Waals surface area contributed by atoms with E-state index in [0.717, 1.165) is 18.4 Å². The lowest BCUT2D eigenvalue weighted by Crippen LogP contribution is -2.56. The maximum Gasteiger partial charge on any atom is 0.243 e. The van der Waals surface area contributed by atoms with E-state index < -0.39 is 41.9 Å². The van der Waals surface area contributed by atoms with E-state index in [9.17, 15) is 24.3 Å². The van der Waals surface area contributed by atoms with Crippen LogP contribution in [0, 0.1) is 0 Å².